The molecule has 1 unspecified atom stereocenters. The normalized spacial score (nSPS) is 19.8. The minimum Gasteiger partial charge on any atom is -0.451 e. The molecule has 3 aromatic rings. The molecule has 3 heterocycles. The van der Waals surface area contributed by atoms with Gasteiger partial charge >= 0.3 is 5.97 Å². The van der Waals surface area contributed by atoms with Crippen LogP contribution < -0.4 is 5.32 Å². The van der Waals surface area contributed by atoms with Crippen LogP contribution in [0.5, 0.6) is 0 Å². The summed E-state index contributed by atoms with van der Waals surface area (Å²) in [5.74, 6) is -1.22. The molecule has 0 saturated carbocycles. The molecule has 32 heavy (non-hydrogen) atoms. The minimum atomic E-state index is -3.15. The Kier molecular flexibility index (Phi) is 6.04. The van der Waals surface area contributed by atoms with Gasteiger partial charge in [0.2, 0.25) is 0 Å². The van der Waals surface area contributed by atoms with Gasteiger partial charge < -0.3 is 10.1 Å². The Labute approximate surface area is 194 Å². The molecule has 1 aliphatic heterocycles. The molecule has 0 spiro atoms. The minimum absolute atomic E-state index is 0.0376. The number of ether oxygens (including phenoxy) is 1. The number of sulfone groups is 1. The van der Waals surface area contributed by atoms with Crippen molar-refractivity contribution in [3.63, 3.8) is 0 Å². The van der Waals surface area contributed by atoms with Crippen molar-refractivity contribution < 1.29 is 22.7 Å². The van der Waals surface area contributed by atoms with Crippen LogP contribution in [0, 0.1) is 6.92 Å². The van der Waals surface area contributed by atoms with Crippen molar-refractivity contribution >= 4 is 54.9 Å². The number of aryl methyl sites for hydroxylation is 1. The molecular formula is C21H22ClN3O5S2. The van der Waals surface area contributed by atoms with E-state index < -0.39 is 33.9 Å². The predicted octanol–water partition coefficient (Wildman–Crippen LogP) is 2.96. The molecule has 11 heteroatoms. The van der Waals surface area contributed by atoms with Crippen molar-refractivity contribution in [2.24, 2.45) is 0 Å². The van der Waals surface area contributed by atoms with Gasteiger partial charge in [-0.1, -0.05) is 29.8 Å². The fourth-order valence-corrected chi connectivity index (χ4v) is 7.14. The maximum atomic E-state index is 12.5. The second kappa shape index (κ2) is 8.49. The van der Waals surface area contributed by atoms with Gasteiger partial charge in [0.05, 0.1) is 29.3 Å². The zero-order valence-electron chi connectivity index (χ0n) is 17.6. The van der Waals surface area contributed by atoms with E-state index in [0.29, 0.717) is 22.9 Å². The smallest absolute Gasteiger partial charge is 0.348 e. The van der Waals surface area contributed by atoms with Crippen molar-refractivity contribution in [1.29, 1.82) is 0 Å². The van der Waals surface area contributed by atoms with Crippen molar-refractivity contribution in [3.05, 3.63) is 51.5 Å². The molecular weight excluding hydrogens is 474 g/mol. The zero-order chi connectivity index (χ0) is 23.1. The fourth-order valence-electron chi connectivity index (χ4n) is 3.79. The number of benzene rings is 1. The first-order valence-electron chi connectivity index (χ1n) is 9.94. The van der Waals surface area contributed by atoms with E-state index in [1.165, 1.54) is 11.3 Å². The number of rotatable bonds is 6. The average molecular weight is 496 g/mol. The number of hydrogen-bond donors (Lipinski definition) is 1. The van der Waals surface area contributed by atoms with Crippen LogP contribution in [0.3, 0.4) is 0 Å². The third kappa shape index (κ3) is 4.82. The second-order valence-corrected chi connectivity index (χ2v) is 11.8. The van der Waals surface area contributed by atoms with Gasteiger partial charge in [0, 0.05) is 10.4 Å². The summed E-state index contributed by atoms with van der Waals surface area (Å²) < 4.78 is 30.3. The van der Waals surface area contributed by atoms with Crippen LogP contribution in [-0.4, -0.2) is 53.7 Å². The highest BCUT2D eigenvalue weighted by Crippen LogP contribution is 2.30. The van der Waals surface area contributed by atoms with E-state index in [9.17, 15) is 18.0 Å². The first-order valence-corrected chi connectivity index (χ1v) is 13.0. The molecule has 1 aromatic carbocycles. The number of hydrogen-bond acceptors (Lipinski definition) is 7. The Morgan fingerprint density at radius 3 is 2.78 bits per heavy atom. The topological polar surface area (TPSA) is 107 Å². The van der Waals surface area contributed by atoms with E-state index in [-0.39, 0.29) is 11.5 Å². The van der Waals surface area contributed by atoms with Gasteiger partial charge in [0.15, 0.2) is 16.4 Å². The molecule has 1 saturated heterocycles. The third-order valence-corrected chi connectivity index (χ3v) is 8.77. The lowest BCUT2D eigenvalue weighted by atomic mass is 10.0. The number of nitrogens with zero attached hydrogens (tertiary/aromatic N) is 2. The molecule has 1 atom stereocenters. The van der Waals surface area contributed by atoms with E-state index in [1.54, 1.807) is 17.7 Å². The number of halogens is 1. The molecule has 1 N–H and O–H groups in total. The Balaban J connectivity index is 1.43. The van der Waals surface area contributed by atoms with Crippen LogP contribution >= 0.6 is 22.9 Å². The monoisotopic (exact) mass is 495 g/mol. The Bertz CT molecular complexity index is 1310. The number of esters is 1. The highest BCUT2D eigenvalue weighted by Gasteiger charge is 2.39. The van der Waals surface area contributed by atoms with E-state index in [1.807, 2.05) is 31.2 Å². The van der Waals surface area contributed by atoms with Gasteiger partial charge in [0.25, 0.3) is 5.91 Å². The summed E-state index contributed by atoms with van der Waals surface area (Å²) in [5.41, 5.74) is 0.852. The first kappa shape index (κ1) is 22.8. The molecule has 8 nitrogen and oxygen atoms in total. The van der Waals surface area contributed by atoms with E-state index >= 15 is 0 Å². The van der Waals surface area contributed by atoms with Gasteiger partial charge in [-0.3, -0.25) is 9.48 Å². The van der Waals surface area contributed by atoms with Crippen LogP contribution in [0.1, 0.15) is 34.3 Å². The summed E-state index contributed by atoms with van der Waals surface area (Å²) in [6.07, 6.45) is 0.340. The lowest BCUT2D eigenvalue weighted by Gasteiger charge is -2.23. The highest BCUT2D eigenvalue weighted by molar-refractivity contribution is 7.91. The molecule has 2 aromatic heterocycles. The molecule has 4 rings (SSSR count). The second-order valence-electron chi connectivity index (χ2n) is 8.19. The summed E-state index contributed by atoms with van der Waals surface area (Å²) in [6.45, 7) is 3.52. The molecule has 0 bridgehead atoms. The first-order chi connectivity index (χ1) is 15.1. The zero-order valence-corrected chi connectivity index (χ0v) is 19.9. The van der Waals surface area contributed by atoms with Crippen molar-refractivity contribution in [2.75, 3.05) is 18.1 Å². The summed E-state index contributed by atoms with van der Waals surface area (Å²) in [6, 6.07) is 9.20. The van der Waals surface area contributed by atoms with Crippen LogP contribution in [-0.2, 0) is 25.9 Å². The molecule has 1 fully saturated rings. The SMILES string of the molecule is Cc1nn(Cc2ccccc2Cl)c2sc(C(=O)OCC(=O)NC3(C)CCS(=O)(=O)C3)cc12. The summed E-state index contributed by atoms with van der Waals surface area (Å²) in [7, 11) is -3.15. The van der Waals surface area contributed by atoms with Gasteiger partial charge in [-0.2, -0.15) is 5.10 Å². The number of aromatic nitrogens is 2. The van der Waals surface area contributed by atoms with Gasteiger partial charge in [-0.05, 0) is 38.0 Å². The fraction of sp³-hybridized carbons (Fsp3) is 0.381. The Morgan fingerprint density at radius 1 is 1.34 bits per heavy atom. The van der Waals surface area contributed by atoms with E-state index in [0.717, 1.165) is 21.5 Å². The predicted molar refractivity (Wildman–Crippen MR) is 123 cm³/mol. The Morgan fingerprint density at radius 2 is 2.09 bits per heavy atom. The van der Waals surface area contributed by atoms with Gasteiger partial charge in [0.1, 0.15) is 9.71 Å². The van der Waals surface area contributed by atoms with Crippen LogP contribution in [0.25, 0.3) is 10.2 Å². The van der Waals surface area contributed by atoms with Gasteiger partial charge in [-0.15, -0.1) is 11.3 Å². The number of carbonyl (C=O) groups is 2. The van der Waals surface area contributed by atoms with Crippen LogP contribution in [0.2, 0.25) is 5.02 Å². The van der Waals surface area contributed by atoms with Crippen LogP contribution in [0.15, 0.2) is 30.3 Å². The lowest BCUT2D eigenvalue weighted by molar-refractivity contribution is -0.125. The maximum absolute atomic E-state index is 12.5. The van der Waals surface area contributed by atoms with E-state index in [2.05, 4.69) is 10.4 Å². The number of nitrogens with one attached hydrogen (secondary N) is 1. The van der Waals surface area contributed by atoms with E-state index in [4.69, 9.17) is 16.3 Å². The lowest BCUT2D eigenvalue weighted by Crippen LogP contribution is -2.48. The summed E-state index contributed by atoms with van der Waals surface area (Å²) in [4.78, 5) is 25.9. The van der Waals surface area contributed by atoms with Crippen LogP contribution in [0.4, 0.5) is 0 Å². The molecule has 1 aliphatic rings. The molecule has 1 amide bonds. The highest BCUT2D eigenvalue weighted by atomic mass is 35.5. The number of amides is 1. The average Bonchev–Trinajstić information content (AvgIpc) is 3.35. The van der Waals surface area contributed by atoms with Crippen molar-refractivity contribution in [2.45, 2.75) is 32.4 Å². The molecule has 170 valence electrons. The van der Waals surface area contributed by atoms with Crippen molar-refractivity contribution in [1.82, 2.24) is 15.1 Å². The molecule has 0 radical (unpaired) electrons. The maximum Gasteiger partial charge on any atom is 0.348 e. The third-order valence-electron chi connectivity index (χ3n) is 5.37. The standard InChI is InChI=1S/C21H22ClN3O5S2/c1-13-15-9-17(31-19(15)25(24-13)10-14-5-3-4-6-16(14)22)20(27)30-11-18(26)23-21(2)7-8-32(28,29)12-21/h3-6,9H,7-8,10-12H2,1-2H3,(H,23,26). The largest absolute Gasteiger partial charge is 0.451 e. The summed E-state index contributed by atoms with van der Waals surface area (Å²) >= 11 is 7.50. The Hall–Kier alpha value is -2.43. The number of fused-ring (bicyclic) bond motifs is 1. The summed E-state index contributed by atoms with van der Waals surface area (Å²) in [5, 5.41) is 8.69. The number of carbonyl (C=O) groups excluding carboxylic acids is 2. The number of thiophene rings is 1. The van der Waals surface area contributed by atoms with Crippen molar-refractivity contribution in [3.8, 4) is 0 Å². The quantitative estimate of drug-likeness (QED) is 0.527. The molecule has 0 aliphatic carbocycles. The van der Waals surface area contributed by atoms with Gasteiger partial charge in [-0.25, -0.2) is 13.2 Å².